The molecule has 2 rings (SSSR count). The van der Waals surface area contributed by atoms with Crippen LogP contribution < -0.4 is 0 Å². The van der Waals surface area contributed by atoms with Gasteiger partial charge in [-0.3, -0.25) is 9.08 Å². The molecule has 10 heteroatoms. The normalized spacial score (nSPS) is 22.3. The summed E-state index contributed by atoms with van der Waals surface area (Å²) in [7, 11) is -3.64. The van der Waals surface area contributed by atoms with Crippen LogP contribution in [0.4, 0.5) is 0 Å². The zero-order valence-electron chi connectivity index (χ0n) is 14.9. The van der Waals surface area contributed by atoms with Crippen LogP contribution in [-0.4, -0.2) is 58.1 Å². The van der Waals surface area contributed by atoms with Crippen molar-refractivity contribution in [1.82, 2.24) is 4.90 Å². The standard InChI is InChI=1S/C16H23N5O4S/c1-3-24-19-15-10-21(9-14-7-5-4-6-8-14)12-16(15,11-18-20-17)13-25-26(2,22)23/h4-8H,3,9-13H2,1-2H3/b19-15+. The lowest BCUT2D eigenvalue weighted by atomic mass is 9.86. The molecule has 9 nitrogen and oxygen atoms in total. The van der Waals surface area contributed by atoms with Gasteiger partial charge in [-0.25, -0.2) is 0 Å². The summed E-state index contributed by atoms with van der Waals surface area (Å²) in [6.07, 6.45) is 0.990. The minimum Gasteiger partial charge on any atom is -0.396 e. The van der Waals surface area contributed by atoms with Crippen molar-refractivity contribution in [2.24, 2.45) is 15.7 Å². The molecule has 1 unspecified atom stereocenters. The van der Waals surface area contributed by atoms with Crippen LogP contribution in [0, 0.1) is 5.41 Å². The zero-order chi connectivity index (χ0) is 19.0. The van der Waals surface area contributed by atoms with Crippen molar-refractivity contribution in [1.29, 1.82) is 0 Å². The summed E-state index contributed by atoms with van der Waals surface area (Å²) in [5, 5.41) is 7.83. The van der Waals surface area contributed by atoms with Crippen LogP contribution in [0.25, 0.3) is 10.4 Å². The SMILES string of the molecule is CCO/N=C1\CN(Cc2ccccc2)CC1(CN=[N+]=[N-])COS(C)(=O)=O. The number of hydrogen-bond donors (Lipinski definition) is 0. The first-order valence-corrected chi connectivity index (χ1v) is 10.0. The molecule has 142 valence electrons. The van der Waals surface area contributed by atoms with Gasteiger partial charge in [-0.05, 0) is 18.0 Å². The molecule has 0 aromatic heterocycles. The summed E-state index contributed by atoms with van der Waals surface area (Å²) in [5.74, 6) is 0. The Bertz CT molecular complexity index is 777. The van der Waals surface area contributed by atoms with E-state index in [1.54, 1.807) is 0 Å². The summed E-state index contributed by atoms with van der Waals surface area (Å²) in [4.78, 5) is 10.1. The van der Waals surface area contributed by atoms with Crippen LogP contribution in [-0.2, 0) is 25.7 Å². The van der Waals surface area contributed by atoms with Crippen molar-refractivity contribution in [2.75, 3.05) is 39.1 Å². The Hall–Kier alpha value is -2.13. The van der Waals surface area contributed by atoms with Crippen molar-refractivity contribution in [3.63, 3.8) is 0 Å². The summed E-state index contributed by atoms with van der Waals surface area (Å²) >= 11 is 0. The topological polar surface area (TPSA) is 117 Å². The van der Waals surface area contributed by atoms with Crippen molar-refractivity contribution >= 4 is 15.8 Å². The Morgan fingerprint density at radius 2 is 2.08 bits per heavy atom. The van der Waals surface area contributed by atoms with Crippen LogP contribution in [0.2, 0.25) is 0 Å². The Morgan fingerprint density at radius 1 is 1.35 bits per heavy atom. The van der Waals surface area contributed by atoms with Gasteiger partial charge in [0.15, 0.2) is 0 Å². The van der Waals surface area contributed by atoms with Crippen LogP contribution in [0.3, 0.4) is 0 Å². The first-order valence-electron chi connectivity index (χ1n) is 8.19. The Labute approximate surface area is 153 Å². The average Bonchev–Trinajstić information content (AvgIpc) is 2.94. The van der Waals surface area contributed by atoms with Gasteiger partial charge in [-0.2, -0.15) is 8.42 Å². The first-order chi connectivity index (χ1) is 12.4. The van der Waals surface area contributed by atoms with Gasteiger partial charge in [0.05, 0.1) is 24.0 Å². The first kappa shape index (κ1) is 20.2. The van der Waals surface area contributed by atoms with Crippen LogP contribution in [0.5, 0.6) is 0 Å². The highest BCUT2D eigenvalue weighted by Gasteiger charge is 2.45. The highest BCUT2D eigenvalue weighted by atomic mass is 32.2. The average molecular weight is 381 g/mol. The molecular weight excluding hydrogens is 358 g/mol. The second-order valence-corrected chi connectivity index (χ2v) is 7.87. The van der Waals surface area contributed by atoms with Gasteiger partial charge in [0, 0.05) is 31.1 Å². The van der Waals surface area contributed by atoms with E-state index in [-0.39, 0.29) is 13.2 Å². The van der Waals surface area contributed by atoms with E-state index in [1.165, 1.54) is 0 Å². The number of oxime groups is 1. The number of hydrogen-bond acceptors (Lipinski definition) is 7. The quantitative estimate of drug-likeness (QED) is 0.214. The van der Waals surface area contributed by atoms with Gasteiger partial charge in [-0.1, -0.05) is 40.6 Å². The second kappa shape index (κ2) is 9.00. The molecular formula is C16H23N5O4S. The van der Waals surface area contributed by atoms with E-state index >= 15 is 0 Å². The third kappa shape index (κ3) is 5.70. The van der Waals surface area contributed by atoms with Crippen LogP contribution in [0.1, 0.15) is 12.5 Å². The third-order valence-corrected chi connectivity index (χ3v) is 4.60. The maximum absolute atomic E-state index is 11.5. The Balaban J connectivity index is 2.28. The maximum atomic E-state index is 11.5. The fraction of sp³-hybridized carbons (Fsp3) is 0.562. The number of benzene rings is 1. The van der Waals surface area contributed by atoms with E-state index in [4.69, 9.17) is 14.6 Å². The van der Waals surface area contributed by atoms with E-state index in [1.807, 2.05) is 37.3 Å². The van der Waals surface area contributed by atoms with Crippen LogP contribution >= 0.6 is 0 Å². The van der Waals surface area contributed by atoms with E-state index in [2.05, 4.69) is 20.1 Å². The summed E-state index contributed by atoms with van der Waals surface area (Å²) in [6.45, 7) is 3.65. The molecule has 1 atom stereocenters. The molecule has 1 aromatic rings. The van der Waals surface area contributed by atoms with Gasteiger partial charge >= 0.3 is 0 Å². The van der Waals surface area contributed by atoms with Gasteiger partial charge in [0.1, 0.15) is 6.61 Å². The lowest BCUT2D eigenvalue weighted by molar-refractivity contribution is 0.149. The second-order valence-electron chi connectivity index (χ2n) is 6.22. The fourth-order valence-electron chi connectivity index (χ4n) is 2.88. The predicted octanol–water partition coefficient (Wildman–Crippen LogP) is 2.17. The highest BCUT2D eigenvalue weighted by Crippen LogP contribution is 2.31. The van der Waals surface area contributed by atoms with Gasteiger partial charge < -0.3 is 4.84 Å². The lowest BCUT2D eigenvalue weighted by Gasteiger charge is -2.27. The van der Waals surface area contributed by atoms with Crippen molar-refractivity contribution < 1.29 is 17.4 Å². The molecule has 1 aromatic carbocycles. The predicted molar refractivity (Wildman–Crippen MR) is 98.0 cm³/mol. The molecule has 1 aliphatic rings. The molecule has 1 fully saturated rings. The van der Waals surface area contributed by atoms with Crippen molar-refractivity contribution in [2.45, 2.75) is 13.5 Å². The fourth-order valence-corrected chi connectivity index (χ4v) is 3.32. The van der Waals surface area contributed by atoms with E-state index in [0.717, 1.165) is 11.8 Å². The van der Waals surface area contributed by atoms with Gasteiger partial charge in [-0.15, -0.1) is 0 Å². The van der Waals surface area contributed by atoms with E-state index in [0.29, 0.717) is 32.0 Å². The molecule has 26 heavy (non-hydrogen) atoms. The summed E-state index contributed by atoms with van der Waals surface area (Å²) < 4.78 is 28.0. The minimum atomic E-state index is -3.64. The van der Waals surface area contributed by atoms with Crippen molar-refractivity contribution in [3.8, 4) is 0 Å². The molecule has 0 N–H and O–H groups in total. The molecule has 0 radical (unpaired) electrons. The Morgan fingerprint density at radius 3 is 2.69 bits per heavy atom. The van der Waals surface area contributed by atoms with Crippen molar-refractivity contribution in [3.05, 3.63) is 46.3 Å². The molecule has 1 heterocycles. The van der Waals surface area contributed by atoms with E-state index < -0.39 is 15.5 Å². The summed E-state index contributed by atoms with van der Waals surface area (Å²) in [5.41, 5.74) is 9.63. The third-order valence-electron chi connectivity index (χ3n) is 4.05. The molecule has 1 aliphatic heterocycles. The molecule has 0 aliphatic carbocycles. The zero-order valence-corrected chi connectivity index (χ0v) is 15.7. The Kier molecular flexibility index (Phi) is 6.98. The molecule has 0 bridgehead atoms. The molecule has 0 amide bonds. The smallest absolute Gasteiger partial charge is 0.264 e. The summed E-state index contributed by atoms with van der Waals surface area (Å²) in [6, 6.07) is 9.89. The van der Waals surface area contributed by atoms with Gasteiger partial charge in [0.2, 0.25) is 0 Å². The molecule has 0 saturated carbocycles. The minimum absolute atomic E-state index is 0.0379. The largest absolute Gasteiger partial charge is 0.396 e. The maximum Gasteiger partial charge on any atom is 0.264 e. The highest BCUT2D eigenvalue weighted by molar-refractivity contribution is 7.85. The van der Waals surface area contributed by atoms with E-state index in [9.17, 15) is 8.42 Å². The van der Waals surface area contributed by atoms with Gasteiger partial charge in [0.25, 0.3) is 10.1 Å². The number of nitrogens with zero attached hydrogens (tertiary/aromatic N) is 5. The number of rotatable bonds is 9. The number of likely N-dealkylation sites (tertiary alicyclic amines) is 1. The monoisotopic (exact) mass is 381 g/mol. The lowest BCUT2D eigenvalue weighted by Crippen LogP contribution is -2.40. The number of azide groups is 1. The molecule has 1 saturated heterocycles. The van der Waals surface area contributed by atoms with Crippen LogP contribution in [0.15, 0.2) is 40.6 Å². The molecule has 0 spiro atoms.